The Morgan fingerprint density at radius 3 is 2.58 bits per heavy atom. The summed E-state index contributed by atoms with van der Waals surface area (Å²) in [5.41, 5.74) is 10.9. The van der Waals surface area contributed by atoms with E-state index in [9.17, 15) is 4.79 Å². The van der Waals surface area contributed by atoms with E-state index in [0.29, 0.717) is 29.1 Å². The van der Waals surface area contributed by atoms with Gasteiger partial charge in [-0.2, -0.15) is 0 Å². The highest BCUT2D eigenvalue weighted by Gasteiger charge is 2.12. The van der Waals surface area contributed by atoms with Crippen LogP contribution in [0.15, 0.2) is 84.5 Å². The van der Waals surface area contributed by atoms with Crippen LogP contribution in [0, 0.1) is 5.41 Å². The number of anilines is 3. The molecule has 0 aliphatic heterocycles. The van der Waals surface area contributed by atoms with Gasteiger partial charge in [-0.05, 0) is 65.9 Å². The molecule has 6 nitrogen and oxygen atoms in total. The van der Waals surface area contributed by atoms with E-state index in [1.807, 2.05) is 48.7 Å². The van der Waals surface area contributed by atoms with Gasteiger partial charge in [-0.15, -0.1) is 11.3 Å². The summed E-state index contributed by atoms with van der Waals surface area (Å²) in [6, 6.07) is 20.6. The third-order valence-electron chi connectivity index (χ3n) is 5.19. The predicted molar refractivity (Wildman–Crippen MR) is 137 cm³/mol. The molecule has 4 aromatic rings. The lowest BCUT2D eigenvalue weighted by molar-refractivity contribution is 0.102. The van der Waals surface area contributed by atoms with E-state index < -0.39 is 0 Å². The average Bonchev–Trinajstić information content (AvgIpc) is 3.36. The minimum absolute atomic E-state index is 0.0725. The normalized spacial score (nSPS) is 11.5. The molecule has 2 aromatic heterocycles. The predicted octanol–water partition coefficient (Wildman–Crippen LogP) is 5.90. The Morgan fingerprint density at radius 2 is 1.88 bits per heavy atom. The van der Waals surface area contributed by atoms with Crippen LogP contribution in [-0.4, -0.2) is 22.6 Å². The van der Waals surface area contributed by atoms with Crippen LogP contribution in [0.1, 0.15) is 29.3 Å². The molecule has 33 heavy (non-hydrogen) atoms. The molecular formula is C26H25N5OS. The van der Waals surface area contributed by atoms with Gasteiger partial charge in [0.2, 0.25) is 0 Å². The number of benzene rings is 2. The molecule has 166 valence electrons. The zero-order chi connectivity index (χ0) is 23.2. The van der Waals surface area contributed by atoms with Gasteiger partial charge in [0, 0.05) is 41.0 Å². The monoisotopic (exact) mass is 455 g/mol. The van der Waals surface area contributed by atoms with Gasteiger partial charge in [0.15, 0.2) is 0 Å². The number of nitrogens with zero attached hydrogens (tertiary/aromatic N) is 1. The smallest absolute Gasteiger partial charge is 0.255 e. The molecule has 4 rings (SSSR count). The first-order valence-electron chi connectivity index (χ1n) is 10.6. The van der Waals surface area contributed by atoms with Crippen LogP contribution in [0.5, 0.6) is 0 Å². The standard InChI is InChI=1S/C26H25N5OS/c1-17(30-21-4-2-12-29-16-21)14-23(28)18-6-8-19(9-7-18)26(32)31-24-15-20(10-11-22(24)27)25-5-3-13-33-25/h2-13,15-17,28,30H,14,27H2,1H3,(H,31,32)/t17-/m0/s1. The van der Waals surface area contributed by atoms with E-state index in [0.717, 1.165) is 21.7 Å². The Bertz CT molecular complexity index is 1240. The van der Waals surface area contributed by atoms with Crippen molar-refractivity contribution >= 4 is 40.0 Å². The summed E-state index contributed by atoms with van der Waals surface area (Å²) in [5, 5.41) is 16.7. The van der Waals surface area contributed by atoms with Crippen LogP contribution >= 0.6 is 11.3 Å². The Hall–Kier alpha value is -3.97. The highest BCUT2D eigenvalue weighted by molar-refractivity contribution is 7.13. The maximum atomic E-state index is 12.8. The zero-order valence-electron chi connectivity index (χ0n) is 18.2. The summed E-state index contributed by atoms with van der Waals surface area (Å²) in [6.45, 7) is 2.03. The number of amides is 1. The Balaban J connectivity index is 1.39. The van der Waals surface area contributed by atoms with Crippen molar-refractivity contribution in [1.82, 2.24) is 4.98 Å². The largest absolute Gasteiger partial charge is 0.397 e. The van der Waals surface area contributed by atoms with Crippen LogP contribution in [0.25, 0.3) is 10.4 Å². The minimum atomic E-state index is -0.241. The van der Waals surface area contributed by atoms with Crippen molar-refractivity contribution in [3.05, 3.63) is 95.6 Å². The molecule has 1 amide bonds. The summed E-state index contributed by atoms with van der Waals surface area (Å²) in [6.07, 6.45) is 4.03. The van der Waals surface area contributed by atoms with Gasteiger partial charge in [0.25, 0.3) is 5.91 Å². The summed E-state index contributed by atoms with van der Waals surface area (Å²) in [7, 11) is 0. The third-order valence-corrected chi connectivity index (χ3v) is 6.11. The maximum Gasteiger partial charge on any atom is 0.255 e. The van der Waals surface area contributed by atoms with Crippen molar-refractivity contribution in [2.24, 2.45) is 0 Å². The first kappa shape index (κ1) is 22.2. The molecular weight excluding hydrogens is 430 g/mol. The Morgan fingerprint density at radius 1 is 1.09 bits per heavy atom. The van der Waals surface area contributed by atoms with Crippen molar-refractivity contribution < 1.29 is 4.79 Å². The van der Waals surface area contributed by atoms with Crippen LogP contribution < -0.4 is 16.4 Å². The zero-order valence-corrected chi connectivity index (χ0v) is 19.0. The fourth-order valence-corrected chi connectivity index (χ4v) is 4.21. The SMILES string of the molecule is C[C@@H](CC(=N)c1ccc(C(=O)Nc2cc(-c3cccs3)ccc2N)cc1)Nc1cccnc1. The van der Waals surface area contributed by atoms with Gasteiger partial charge in [-0.1, -0.05) is 24.3 Å². The average molecular weight is 456 g/mol. The van der Waals surface area contributed by atoms with Gasteiger partial charge < -0.3 is 21.8 Å². The number of carbonyl (C=O) groups is 1. The molecule has 5 N–H and O–H groups in total. The van der Waals surface area contributed by atoms with Crippen LogP contribution in [0.2, 0.25) is 0 Å². The first-order chi connectivity index (χ1) is 16.0. The molecule has 2 heterocycles. The second-order valence-corrected chi connectivity index (χ2v) is 8.73. The van der Waals surface area contributed by atoms with E-state index in [-0.39, 0.29) is 11.9 Å². The highest BCUT2D eigenvalue weighted by atomic mass is 32.1. The number of nitrogens with two attached hydrogens (primary N) is 1. The highest BCUT2D eigenvalue weighted by Crippen LogP contribution is 2.30. The van der Waals surface area contributed by atoms with E-state index in [1.165, 1.54) is 0 Å². The number of nitrogens with one attached hydrogen (secondary N) is 3. The number of hydrogen-bond donors (Lipinski definition) is 4. The molecule has 0 bridgehead atoms. The number of rotatable bonds is 8. The fraction of sp³-hybridized carbons (Fsp3) is 0.115. The molecule has 1 atom stereocenters. The quantitative estimate of drug-likeness (QED) is 0.196. The molecule has 0 aliphatic carbocycles. The Kier molecular flexibility index (Phi) is 6.80. The number of nitrogen functional groups attached to an aromatic ring is 1. The Labute approximate surface area is 197 Å². The van der Waals surface area contributed by atoms with Gasteiger partial charge in [0.1, 0.15) is 0 Å². The molecule has 0 radical (unpaired) electrons. The van der Waals surface area contributed by atoms with E-state index in [2.05, 4.69) is 15.6 Å². The third kappa shape index (κ3) is 5.64. The van der Waals surface area contributed by atoms with Crippen molar-refractivity contribution in [1.29, 1.82) is 5.41 Å². The van der Waals surface area contributed by atoms with Crippen molar-refractivity contribution in [3.8, 4) is 10.4 Å². The van der Waals surface area contributed by atoms with E-state index >= 15 is 0 Å². The number of aromatic nitrogens is 1. The molecule has 0 aliphatic rings. The van der Waals surface area contributed by atoms with Gasteiger partial charge in [-0.3, -0.25) is 9.78 Å². The summed E-state index contributed by atoms with van der Waals surface area (Å²) < 4.78 is 0. The minimum Gasteiger partial charge on any atom is -0.397 e. The molecule has 0 spiro atoms. The lowest BCUT2D eigenvalue weighted by Crippen LogP contribution is -2.20. The summed E-state index contributed by atoms with van der Waals surface area (Å²) in [4.78, 5) is 18.0. The second-order valence-electron chi connectivity index (χ2n) is 7.78. The lowest BCUT2D eigenvalue weighted by Gasteiger charge is -2.16. The second kappa shape index (κ2) is 10.1. The number of pyridine rings is 1. The van der Waals surface area contributed by atoms with Gasteiger partial charge in [-0.25, -0.2) is 0 Å². The number of hydrogen-bond acceptors (Lipinski definition) is 6. The summed E-state index contributed by atoms with van der Waals surface area (Å²) >= 11 is 1.63. The van der Waals surface area contributed by atoms with Crippen LogP contribution in [-0.2, 0) is 0 Å². The first-order valence-corrected chi connectivity index (χ1v) is 11.5. The molecule has 0 unspecified atom stereocenters. The van der Waals surface area contributed by atoms with Crippen molar-refractivity contribution in [3.63, 3.8) is 0 Å². The number of carbonyl (C=O) groups excluding carboxylic acids is 1. The van der Waals surface area contributed by atoms with Crippen LogP contribution in [0.3, 0.4) is 0 Å². The molecule has 2 aromatic carbocycles. The topological polar surface area (TPSA) is 104 Å². The van der Waals surface area contributed by atoms with E-state index in [1.54, 1.807) is 54.1 Å². The maximum absolute atomic E-state index is 12.8. The molecule has 0 saturated carbocycles. The van der Waals surface area contributed by atoms with Gasteiger partial charge >= 0.3 is 0 Å². The lowest BCUT2D eigenvalue weighted by atomic mass is 10.0. The number of thiophene rings is 1. The molecule has 0 fully saturated rings. The van der Waals surface area contributed by atoms with Crippen molar-refractivity contribution in [2.75, 3.05) is 16.4 Å². The van der Waals surface area contributed by atoms with Gasteiger partial charge in [0.05, 0.1) is 17.1 Å². The summed E-state index contributed by atoms with van der Waals surface area (Å²) in [5.74, 6) is -0.241. The van der Waals surface area contributed by atoms with Crippen molar-refractivity contribution in [2.45, 2.75) is 19.4 Å². The molecule has 0 saturated heterocycles. The van der Waals surface area contributed by atoms with Crippen LogP contribution in [0.4, 0.5) is 17.1 Å². The molecule has 7 heteroatoms. The van der Waals surface area contributed by atoms with E-state index in [4.69, 9.17) is 11.1 Å². The fourth-order valence-electron chi connectivity index (χ4n) is 3.49.